The van der Waals surface area contributed by atoms with Gasteiger partial charge in [0, 0.05) is 12.1 Å². The topological polar surface area (TPSA) is 29.3 Å². The predicted molar refractivity (Wildman–Crippen MR) is 67.2 cm³/mol. The molecule has 3 fully saturated rings. The Bertz CT molecular complexity index is 247. The Kier molecular flexibility index (Phi) is 2.97. The van der Waals surface area contributed by atoms with Crippen molar-refractivity contribution < 1.29 is 0 Å². The van der Waals surface area contributed by atoms with Crippen molar-refractivity contribution in [2.24, 2.45) is 23.5 Å². The summed E-state index contributed by atoms with van der Waals surface area (Å²) < 4.78 is 0. The molecule has 2 heteroatoms. The van der Waals surface area contributed by atoms with Crippen LogP contribution in [0.4, 0.5) is 0 Å². The van der Waals surface area contributed by atoms with Crippen LogP contribution in [-0.4, -0.2) is 30.6 Å². The third-order valence-electron chi connectivity index (χ3n) is 5.71. The van der Waals surface area contributed by atoms with Gasteiger partial charge in [-0.25, -0.2) is 0 Å². The predicted octanol–water partition coefficient (Wildman–Crippen LogP) is 2.23. The van der Waals surface area contributed by atoms with E-state index in [1.54, 1.807) is 0 Å². The summed E-state index contributed by atoms with van der Waals surface area (Å²) in [5.74, 6) is 2.76. The molecule has 2 N–H and O–H groups in total. The van der Waals surface area contributed by atoms with Gasteiger partial charge in [-0.05, 0) is 50.6 Å². The molecular weight excluding hydrogens is 196 g/mol. The second-order valence-electron chi connectivity index (χ2n) is 6.32. The Morgan fingerprint density at radius 2 is 1.88 bits per heavy atom. The van der Waals surface area contributed by atoms with E-state index in [2.05, 4.69) is 11.9 Å². The van der Waals surface area contributed by atoms with E-state index in [9.17, 15) is 0 Å². The van der Waals surface area contributed by atoms with Crippen LogP contribution in [0.2, 0.25) is 0 Å². The summed E-state index contributed by atoms with van der Waals surface area (Å²) in [6, 6.07) is 1.73. The van der Waals surface area contributed by atoms with Gasteiger partial charge in [-0.15, -0.1) is 0 Å². The average Bonchev–Trinajstić information content (AvgIpc) is 2.87. The van der Waals surface area contributed by atoms with E-state index in [0.717, 1.165) is 36.4 Å². The fourth-order valence-electron chi connectivity index (χ4n) is 4.90. The van der Waals surface area contributed by atoms with Crippen molar-refractivity contribution >= 4 is 0 Å². The molecule has 2 saturated heterocycles. The van der Waals surface area contributed by atoms with Gasteiger partial charge in [-0.2, -0.15) is 0 Å². The zero-order valence-electron chi connectivity index (χ0n) is 10.6. The number of nitrogens with zero attached hydrogens (tertiary/aromatic N) is 1. The highest BCUT2D eigenvalue weighted by Gasteiger charge is 2.47. The lowest BCUT2D eigenvalue weighted by atomic mass is 9.72. The third-order valence-corrected chi connectivity index (χ3v) is 5.71. The van der Waals surface area contributed by atoms with Crippen LogP contribution in [0.15, 0.2) is 0 Å². The van der Waals surface area contributed by atoms with Crippen LogP contribution in [0.1, 0.15) is 44.9 Å². The Labute approximate surface area is 99.6 Å². The van der Waals surface area contributed by atoms with E-state index in [0.29, 0.717) is 0 Å². The molecule has 4 atom stereocenters. The van der Waals surface area contributed by atoms with E-state index in [4.69, 9.17) is 5.73 Å². The van der Waals surface area contributed by atoms with Crippen molar-refractivity contribution in [3.8, 4) is 0 Å². The smallest absolute Gasteiger partial charge is 0.0130 e. The highest BCUT2D eigenvalue weighted by molar-refractivity contribution is 5.01. The first-order valence-corrected chi connectivity index (χ1v) is 7.23. The number of nitrogens with two attached hydrogens (primary N) is 1. The lowest BCUT2D eigenvalue weighted by Crippen LogP contribution is -2.50. The molecule has 1 saturated carbocycles. The molecule has 0 radical (unpaired) electrons. The molecule has 2 nitrogen and oxygen atoms in total. The molecule has 2 heterocycles. The van der Waals surface area contributed by atoms with Crippen molar-refractivity contribution in [2.75, 3.05) is 13.6 Å². The quantitative estimate of drug-likeness (QED) is 0.776. The summed E-state index contributed by atoms with van der Waals surface area (Å²) in [5, 5.41) is 0. The Morgan fingerprint density at radius 1 is 1.12 bits per heavy atom. The van der Waals surface area contributed by atoms with E-state index in [1.165, 1.54) is 44.9 Å². The van der Waals surface area contributed by atoms with Crippen LogP contribution < -0.4 is 5.73 Å². The van der Waals surface area contributed by atoms with Gasteiger partial charge in [0.25, 0.3) is 0 Å². The maximum Gasteiger partial charge on any atom is 0.0130 e. The minimum atomic E-state index is 0.830. The van der Waals surface area contributed by atoms with Crippen LogP contribution in [0, 0.1) is 17.8 Å². The van der Waals surface area contributed by atoms with Crippen LogP contribution in [-0.2, 0) is 0 Å². The Hall–Kier alpha value is -0.0800. The molecule has 0 amide bonds. The van der Waals surface area contributed by atoms with Gasteiger partial charge in [-0.3, -0.25) is 0 Å². The van der Waals surface area contributed by atoms with E-state index >= 15 is 0 Å². The molecule has 2 aliphatic heterocycles. The van der Waals surface area contributed by atoms with Crippen molar-refractivity contribution in [1.82, 2.24) is 4.90 Å². The number of hydrogen-bond donors (Lipinski definition) is 1. The van der Waals surface area contributed by atoms with Crippen LogP contribution in [0.25, 0.3) is 0 Å². The van der Waals surface area contributed by atoms with Gasteiger partial charge >= 0.3 is 0 Å². The molecule has 2 bridgehead atoms. The molecule has 3 aliphatic rings. The SMILES string of the molecule is CN1C2CCC1C(C1CCCC1)C(CN)C2. The Balaban J connectivity index is 1.81. The van der Waals surface area contributed by atoms with Gasteiger partial charge in [0.15, 0.2) is 0 Å². The fraction of sp³-hybridized carbons (Fsp3) is 1.00. The minimum absolute atomic E-state index is 0.830. The number of piperidine rings is 1. The molecule has 0 spiro atoms. The maximum atomic E-state index is 6.04. The first-order valence-electron chi connectivity index (χ1n) is 7.23. The van der Waals surface area contributed by atoms with E-state index in [-0.39, 0.29) is 0 Å². The van der Waals surface area contributed by atoms with Crippen molar-refractivity contribution in [3.63, 3.8) is 0 Å². The van der Waals surface area contributed by atoms with Crippen LogP contribution in [0.5, 0.6) is 0 Å². The second-order valence-corrected chi connectivity index (χ2v) is 6.32. The molecule has 92 valence electrons. The largest absolute Gasteiger partial charge is 0.330 e. The molecule has 1 aliphatic carbocycles. The van der Waals surface area contributed by atoms with Gasteiger partial charge in [0.2, 0.25) is 0 Å². The number of hydrogen-bond acceptors (Lipinski definition) is 2. The van der Waals surface area contributed by atoms with Gasteiger partial charge in [0.05, 0.1) is 0 Å². The monoisotopic (exact) mass is 222 g/mol. The zero-order chi connectivity index (χ0) is 11.1. The molecular formula is C14H26N2. The first kappa shape index (κ1) is 11.0. The first-order chi connectivity index (χ1) is 7.81. The van der Waals surface area contributed by atoms with E-state index < -0.39 is 0 Å². The average molecular weight is 222 g/mol. The van der Waals surface area contributed by atoms with Gasteiger partial charge < -0.3 is 10.6 Å². The standard InChI is InChI=1S/C14H26N2/c1-16-12-6-7-13(16)14(11(8-12)9-15)10-4-2-3-5-10/h10-14H,2-9,15H2,1H3. The Morgan fingerprint density at radius 3 is 2.56 bits per heavy atom. The molecule has 4 unspecified atom stereocenters. The summed E-state index contributed by atoms with van der Waals surface area (Å²) in [5.41, 5.74) is 6.04. The summed E-state index contributed by atoms with van der Waals surface area (Å²) >= 11 is 0. The summed E-state index contributed by atoms with van der Waals surface area (Å²) in [7, 11) is 2.36. The minimum Gasteiger partial charge on any atom is -0.330 e. The molecule has 3 rings (SSSR count). The second kappa shape index (κ2) is 4.30. The van der Waals surface area contributed by atoms with Crippen molar-refractivity contribution in [3.05, 3.63) is 0 Å². The lowest BCUT2D eigenvalue weighted by Gasteiger charge is -2.45. The highest BCUT2D eigenvalue weighted by atomic mass is 15.2. The molecule has 16 heavy (non-hydrogen) atoms. The molecule has 0 aromatic heterocycles. The summed E-state index contributed by atoms with van der Waals surface area (Å²) in [4.78, 5) is 2.69. The van der Waals surface area contributed by atoms with E-state index in [1.807, 2.05) is 0 Å². The molecule has 0 aromatic carbocycles. The highest BCUT2D eigenvalue weighted by Crippen LogP contribution is 2.48. The van der Waals surface area contributed by atoms with Crippen molar-refractivity contribution in [1.29, 1.82) is 0 Å². The third kappa shape index (κ3) is 1.62. The maximum absolute atomic E-state index is 6.04. The van der Waals surface area contributed by atoms with Crippen LogP contribution in [0.3, 0.4) is 0 Å². The normalized spacial score (nSPS) is 45.4. The summed E-state index contributed by atoms with van der Waals surface area (Å²) in [6.45, 7) is 0.933. The zero-order valence-corrected chi connectivity index (χ0v) is 10.6. The number of fused-ring (bicyclic) bond motifs is 2. The fourth-order valence-corrected chi connectivity index (χ4v) is 4.90. The van der Waals surface area contributed by atoms with Gasteiger partial charge in [-0.1, -0.05) is 25.7 Å². The lowest BCUT2D eigenvalue weighted by molar-refractivity contribution is 0.0367. The van der Waals surface area contributed by atoms with Gasteiger partial charge in [0.1, 0.15) is 0 Å². The molecule has 0 aromatic rings. The van der Waals surface area contributed by atoms with Crippen LogP contribution >= 0.6 is 0 Å². The van der Waals surface area contributed by atoms with Crippen molar-refractivity contribution in [2.45, 2.75) is 57.0 Å². The summed E-state index contributed by atoms with van der Waals surface area (Å²) in [6.07, 6.45) is 10.2. The number of rotatable bonds is 2.